The van der Waals surface area contributed by atoms with Crippen LogP contribution in [0.5, 0.6) is 0 Å². The van der Waals surface area contributed by atoms with Gasteiger partial charge in [-0.2, -0.15) is 0 Å². The van der Waals surface area contributed by atoms with Gasteiger partial charge in [0.15, 0.2) is 0 Å². The molecule has 3 rings (SSSR count). The highest BCUT2D eigenvalue weighted by Gasteiger charge is 2.42. The molecule has 2 nitrogen and oxygen atoms in total. The molecule has 0 aromatic heterocycles. The monoisotopic (exact) mass is 189 g/mol. The molecule has 1 heterocycles. The third-order valence-electron chi connectivity index (χ3n) is 3.35. The summed E-state index contributed by atoms with van der Waals surface area (Å²) in [4.78, 5) is 2.30. The van der Waals surface area contributed by atoms with Gasteiger partial charge < -0.3 is 5.11 Å². The van der Waals surface area contributed by atoms with Gasteiger partial charge in [-0.05, 0) is 36.6 Å². The van der Waals surface area contributed by atoms with E-state index in [0.29, 0.717) is 0 Å². The second-order valence-corrected chi connectivity index (χ2v) is 4.69. The minimum Gasteiger partial charge on any atom is -0.385 e. The number of benzene rings is 1. The lowest BCUT2D eigenvalue weighted by Gasteiger charge is -2.09. The van der Waals surface area contributed by atoms with Crippen molar-refractivity contribution >= 4 is 0 Å². The SMILES string of the molecule is CN1Cc2ccc(C3(O)CC3)cc2C1. The van der Waals surface area contributed by atoms with Gasteiger partial charge in [0, 0.05) is 13.1 Å². The lowest BCUT2D eigenvalue weighted by Crippen LogP contribution is -2.07. The number of fused-ring (bicyclic) bond motifs is 1. The summed E-state index contributed by atoms with van der Waals surface area (Å²) in [5.74, 6) is 0. The first-order chi connectivity index (χ1) is 6.67. The molecule has 0 atom stereocenters. The highest BCUT2D eigenvalue weighted by atomic mass is 16.3. The first-order valence-electron chi connectivity index (χ1n) is 5.21. The van der Waals surface area contributed by atoms with Crippen molar-refractivity contribution in [3.05, 3.63) is 34.9 Å². The van der Waals surface area contributed by atoms with E-state index >= 15 is 0 Å². The van der Waals surface area contributed by atoms with E-state index in [1.165, 1.54) is 11.1 Å². The molecule has 0 amide bonds. The maximum atomic E-state index is 9.98. The topological polar surface area (TPSA) is 23.5 Å². The molecule has 0 radical (unpaired) electrons. The Morgan fingerprint density at radius 1 is 1.21 bits per heavy atom. The second-order valence-electron chi connectivity index (χ2n) is 4.69. The molecule has 74 valence electrons. The standard InChI is InChI=1S/C12H15NO/c1-13-7-9-2-3-11(6-10(9)8-13)12(14)4-5-12/h2-3,6,14H,4-5,7-8H2,1H3. The predicted octanol–water partition coefficient (Wildman–Crippen LogP) is 1.61. The predicted molar refractivity (Wildman–Crippen MR) is 54.7 cm³/mol. The second kappa shape index (κ2) is 2.59. The van der Waals surface area contributed by atoms with Crippen LogP contribution in [-0.2, 0) is 18.7 Å². The average Bonchev–Trinajstić information content (AvgIpc) is 2.79. The summed E-state index contributed by atoms with van der Waals surface area (Å²) in [5, 5.41) is 9.98. The van der Waals surface area contributed by atoms with Crippen LogP contribution in [0.3, 0.4) is 0 Å². The first-order valence-corrected chi connectivity index (χ1v) is 5.21. The fraction of sp³-hybridized carbons (Fsp3) is 0.500. The smallest absolute Gasteiger partial charge is 0.0899 e. The Hall–Kier alpha value is -0.860. The van der Waals surface area contributed by atoms with Crippen LogP contribution in [-0.4, -0.2) is 17.1 Å². The van der Waals surface area contributed by atoms with E-state index in [0.717, 1.165) is 31.5 Å². The van der Waals surface area contributed by atoms with E-state index in [-0.39, 0.29) is 0 Å². The largest absolute Gasteiger partial charge is 0.385 e. The minimum atomic E-state index is -0.476. The van der Waals surface area contributed by atoms with Gasteiger partial charge in [0.2, 0.25) is 0 Å². The minimum absolute atomic E-state index is 0.476. The van der Waals surface area contributed by atoms with E-state index in [9.17, 15) is 5.11 Å². The van der Waals surface area contributed by atoms with E-state index in [1.807, 2.05) is 0 Å². The Bertz CT molecular complexity index is 382. The molecule has 0 bridgehead atoms. The fourth-order valence-corrected chi connectivity index (χ4v) is 2.26. The summed E-state index contributed by atoms with van der Waals surface area (Å²) in [6.07, 6.45) is 1.86. The van der Waals surface area contributed by atoms with Crippen LogP contribution in [0.2, 0.25) is 0 Å². The number of rotatable bonds is 1. The normalized spacial score (nSPS) is 23.6. The number of nitrogens with zero attached hydrogens (tertiary/aromatic N) is 1. The van der Waals surface area contributed by atoms with E-state index in [2.05, 4.69) is 30.1 Å². The van der Waals surface area contributed by atoms with Gasteiger partial charge in [0.1, 0.15) is 0 Å². The van der Waals surface area contributed by atoms with E-state index in [4.69, 9.17) is 0 Å². The summed E-state index contributed by atoms with van der Waals surface area (Å²) >= 11 is 0. The lowest BCUT2D eigenvalue weighted by atomic mass is 10.0. The Balaban J connectivity index is 2.00. The molecule has 14 heavy (non-hydrogen) atoms. The molecule has 1 aliphatic carbocycles. The van der Waals surface area contributed by atoms with E-state index in [1.54, 1.807) is 0 Å². The average molecular weight is 189 g/mol. The molecule has 1 saturated carbocycles. The van der Waals surface area contributed by atoms with Crippen molar-refractivity contribution < 1.29 is 5.11 Å². The third-order valence-corrected chi connectivity index (χ3v) is 3.35. The molecule has 1 N–H and O–H groups in total. The Morgan fingerprint density at radius 3 is 2.64 bits per heavy atom. The maximum Gasteiger partial charge on any atom is 0.0899 e. The van der Waals surface area contributed by atoms with Gasteiger partial charge in [0.05, 0.1) is 5.60 Å². The summed E-state index contributed by atoms with van der Waals surface area (Å²) in [6, 6.07) is 6.45. The fourth-order valence-electron chi connectivity index (χ4n) is 2.26. The quantitative estimate of drug-likeness (QED) is 0.725. The van der Waals surface area contributed by atoms with Crippen molar-refractivity contribution in [2.75, 3.05) is 7.05 Å². The van der Waals surface area contributed by atoms with Gasteiger partial charge >= 0.3 is 0 Å². The molecule has 1 aromatic rings. The molecule has 1 fully saturated rings. The molecule has 0 unspecified atom stereocenters. The lowest BCUT2D eigenvalue weighted by molar-refractivity contribution is 0.151. The molecule has 1 aliphatic heterocycles. The van der Waals surface area contributed by atoms with Crippen LogP contribution >= 0.6 is 0 Å². The molecule has 2 heteroatoms. The van der Waals surface area contributed by atoms with Crippen LogP contribution < -0.4 is 0 Å². The zero-order chi connectivity index (χ0) is 9.76. The number of hydrogen-bond donors (Lipinski definition) is 1. The van der Waals surface area contributed by atoms with Gasteiger partial charge in [-0.25, -0.2) is 0 Å². The first kappa shape index (κ1) is 8.45. The van der Waals surface area contributed by atoms with Crippen molar-refractivity contribution in [3.63, 3.8) is 0 Å². The molecule has 0 saturated heterocycles. The Kier molecular flexibility index (Phi) is 1.56. The summed E-state index contributed by atoms with van der Waals surface area (Å²) < 4.78 is 0. The summed E-state index contributed by atoms with van der Waals surface area (Å²) in [5.41, 5.74) is 3.45. The van der Waals surface area contributed by atoms with Crippen molar-refractivity contribution in [1.29, 1.82) is 0 Å². The zero-order valence-electron chi connectivity index (χ0n) is 8.45. The van der Waals surface area contributed by atoms with Gasteiger partial charge in [-0.15, -0.1) is 0 Å². The molecule has 0 spiro atoms. The maximum absolute atomic E-state index is 9.98. The molecular formula is C12H15NO. The third kappa shape index (κ3) is 1.18. The van der Waals surface area contributed by atoms with Crippen molar-refractivity contribution in [2.45, 2.75) is 31.5 Å². The van der Waals surface area contributed by atoms with Gasteiger partial charge in [-0.3, -0.25) is 4.90 Å². The molecule has 2 aliphatic rings. The highest BCUT2D eigenvalue weighted by Crippen LogP contribution is 2.45. The summed E-state index contributed by atoms with van der Waals surface area (Å²) in [6.45, 7) is 2.08. The number of hydrogen-bond acceptors (Lipinski definition) is 2. The van der Waals surface area contributed by atoms with Crippen LogP contribution in [0.25, 0.3) is 0 Å². The van der Waals surface area contributed by atoms with Crippen molar-refractivity contribution in [2.24, 2.45) is 0 Å². The van der Waals surface area contributed by atoms with Crippen LogP contribution in [0.1, 0.15) is 29.5 Å². The Labute approximate surface area is 84.2 Å². The van der Waals surface area contributed by atoms with Crippen molar-refractivity contribution in [1.82, 2.24) is 4.90 Å². The van der Waals surface area contributed by atoms with Crippen LogP contribution in [0.4, 0.5) is 0 Å². The van der Waals surface area contributed by atoms with E-state index < -0.39 is 5.60 Å². The van der Waals surface area contributed by atoms with Crippen molar-refractivity contribution in [3.8, 4) is 0 Å². The number of aliphatic hydroxyl groups is 1. The highest BCUT2D eigenvalue weighted by molar-refractivity contribution is 5.38. The molecule has 1 aromatic carbocycles. The Morgan fingerprint density at radius 2 is 1.93 bits per heavy atom. The zero-order valence-corrected chi connectivity index (χ0v) is 8.45. The summed E-state index contributed by atoms with van der Waals surface area (Å²) in [7, 11) is 2.13. The van der Waals surface area contributed by atoms with Crippen LogP contribution in [0, 0.1) is 0 Å². The van der Waals surface area contributed by atoms with Gasteiger partial charge in [0.25, 0.3) is 0 Å². The van der Waals surface area contributed by atoms with Gasteiger partial charge in [-0.1, -0.05) is 18.2 Å². The van der Waals surface area contributed by atoms with Crippen LogP contribution in [0.15, 0.2) is 18.2 Å². The molecular weight excluding hydrogens is 174 g/mol.